The predicted octanol–water partition coefficient (Wildman–Crippen LogP) is 2.50. The van der Waals surface area contributed by atoms with Crippen LogP contribution in [-0.4, -0.2) is 39.8 Å². The lowest BCUT2D eigenvalue weighted by Gasteiger charge is -2.10. The fraction of sp³-hybridized carbons (Fsp3) is 0.333. The third kappa shape index (κ3) is 6.50. The highest BCUT2D eigenvalue weighted by Gasteiger charge is 2.10. The van der Waals surface area contributed by atoms with Crippen LogP contribution in [0.25, 0.3) is 0 Å². The molecule has 7 nitrogen and oxygen atoms in total. The first-order valence-corrected chi connectivity index (χ1v) is 8.82. The maximum Gasteiger partial charge on any atom is 0.306 e. The van der Waals surface area contributed by atoms with E-state index in [1.54, 1.807) is 27.4 Å². The summed E-state index contributed by atoms with van der Waals surface area (Å²) in [6.07, 6.45) is 0.603. The van der Waals surface area contributed by atoms with Crippen LogP contribution in [0.4, 0.5) is 0 Å². The lowest BCUT2D eigenvalue weighted by molar-refractivity contribution is -0.148. The van der Waals surface area contributed by atoms with Crippen molar-refractivity contribution in [2.75, 3.05) is 27.9 Å². The normalized spacial score (nSPS) is 10.1. The van der Waals surface area contributed by atoms with Crippen LogP contribution >= 0.6 is 0 Å². The zero-order valence-corrected chi connectivity index (χ0v) is 16.3. The molecule has 0 bridgehead atoms. The molecule has 1 amide bonds. The first kappa shape index (κ1) is 21.1. The van der Waals surface area contributed by atoms with E-state index in [9.17, 15) is 9.59 Å². The van der Waals surface area contributed by atoms with Crippen molar-refractivity contribution >= 4 is 11.9 Å². The van der Waals surface area contributed by atoms with E-state index < -0.39 is 5.97 Å². The summed E-state index contributed by atoms with van der Waals surface area (Å²) >= 11 is 0. The van der Waals surface area contributed by atoms with Gasteiger partial charge in [0, 0.05) is 24.6 Å². The molecule has 0 aliphatic carbocycles. The van der Waals surface area contributed by atoms with Crippen molar-refractivity contribution in [2.45, 2.75) is 19.4 Å². The van der Waals surface area contributed by atoms with Crippen LogP contribution in [0.3, 0.4) is 0 Å². The molecule has 0 fully saturated rings. The number of methoxy groups -OCH3 is 3. The summed E-state index contributed by atoms with van der Waals surface area (Å²) in [5, 5.41) is 2.70. The molecule has 28 heavy (non-hydrogen) atoms. The fourth-order valence-electron chi connectivity index (χ4n) is 2.57. The summed E-state index contributed by atoms with van der Waals surface area (Å²) in [5.41, 5.74) is 1.73. The first-order chi connectivity index (χ1) is 13.5. The summed E-state index contributed by atoms with van der Waals surface area (Å²) in [7, 11) is 4.70. The molecule has 150 valence electrons. The zero-order valence-electron chi connectivity index (χ0n) is 16.3. The lowest BCUT2D eigenvalue weighted by atomic mass is 10.1. The van der Waals surface area contributed by atoms with Gasteiger partial charge in [-0.2, -0.15) is 0 Å². The molecule has 0 aliphatic rings. The van der Waals surface area contributed by atoms with E-state index in [2.05, 4.69) is 5.32 Å². The van der Waals surface area contributed by atoms with Crippen LogP contribution in [0.15, 0.2) is 42.5 Å². The number of hydrogen-bond donors (Lipinski definition) is 1. The van der Waals surface area contributed by atoms with Crippen molar-refractivity contribution in [3.05, 3.63) is 53.6 Å². The van der Waals surface area contributed by atoms with Crippen LogP contribution in [0, 0.1) is 0 Å². The van der Waals surface area contributed by atoms with Gasteiger partial charge in [0.2, 0.25) is 0 Å². The molecular weight excluding hydrogens is 362 g/mol. The number of rotatable bonds is 10. The minimum absolute atomic E-state index is 0.149. The van der Waals surface area contributed by atoms with Gasteiger partial charge < -0.3 is 24.3 Å². The third-order valence-electron chi connectivity index (χ3n) is 4.06. The smallest absolute Gasteiger partial charge is 0.306 e. The average molecular weight is 387 g/mol. The van der Waals surface area contributed by atoms with Gasteiger partial charge in [-0.3, -0.25) is 9.59 Å². The third-order valence-corrected chi connectivity index (χ3v) is 4.06. The number of aryl methyl sites for hydroxylation is 1. The molecule has 0 heterocycles. The van der Waals surface area contributed by atoms with E-state index in [0.717, 1.165) is 11.1 Å². The number of ether oxygens (including phenoxy) is 4. The van der Waals surface area contributed by atoms with Gasteiger partial charge in [0.05, 0.1) is 21.3 Å². The van der Waals surface area contributed by atoms with Crippen molar-refractivity contribution in [3.63, 3.8) is 0 Å². The zero-order chi connectivity index (χ0) is 20.4. The highest BCUT2D eigenvalue weighted by Crippen LogP contribution is 2.23. The molecule has 2 aromatic rings. The predicted molar refractivity (Wildman–Crippen MR) is 104 cm³/mol. The molecule has 0 saturated heterocycles. The van der Waals surface area contributed by atoms with Crippen LogP contribution < -0.4 is 19.5 Å². The number of hydrogen-bond acceptors (Lipinski definition) is 6. The molecular formula is C21H25NO6. The van der Waals surface area contributed by atoms with E-state index in [1.807, 2.05) is 36.4 Å². The standard InChI is InChI=1S/C21H25NO6/c1-25-17-10-15(11-18(12-17)26-2)8-9-21(24)28-14-20(23)22-13-16-6-4-5-7-19(16)27-3/h4-7,10-12H,8-9,13-14H2,1-3H3,(H,22,23). The van der Waals surface area contributed by atoms with Gasteiger partial charge in [-0.15, -0.1) is 0 Å². The molecule has 0 saturated carbocycles. The number of benzene rings is 2. The minimum Gasteiger partial charge on any atom is -0.497 e. The monoisotopic (exact) mass is 387 g/mol. The molecule has 0 radical (unpaired) electrons. The van der Waals surface area contributed by atoms with Crippen LogP contribution in [0.5, 0.6) is 17.2 Å². The Morgan fingerprint density at radius 3 is 2.25 bits per heavy atom. The molecule has 0 aromatic heterocycles. The molecule has 0 unspecified atom stereocenters. The van der Waals surface area contributed by atoms with Gasteiger partial charge in [-0.1, -0.05) is 18.2 Å². The molecule has 0 atom stereocenters. The quantitative estimate of drug-likeness (QED) is 0.631. The van der Waals surface area contributed by atoms with E-state index in [-0.39, 0.29) is 18.9 Å². The number of esters is 1. The van der Waals surface area contributed by atoms with E-state index in [4.69, 9.17) is 18.9 Å². The molecule has 2 aromatic carbocycles. The van der Waals surface area contributed by atoms with Gasteiger partial charge in [0.25, 0.3) is 5.91 Å². The number of carbonyl (C=O) groups is 2. The SMILES string of the molecule is COc1cc(CCC(=O)OCC(=O)NCc2ccccc2OC)cc(OC)c1. The van der Waals surface area contributed by atoms with Crippen LogP contribution in [-0.2, 0) is 27.3 Å². The fourth-order valence-corrected chi connectivity index (χ4v) is 2.57. The Labute approximate surface area is 164 Å². The van der Waals surface area contributed by atoms with Crippen molar-refractivity contribution in [2.24, 2.45) is 0 Å². The summed E-state index contributed by atoms with van der Waals surface area (Å²) in [5.74, 6) is 1.17. The molecule has 1 N–H and O–H groups in total. The van der Waals surface area contributed by atoms with Gasteiger partial charge in [-0.25, -0.2) is 0 Å². The summed E-state index contributed by atoms with van der Waals surface area (Å²) < 4.78 is 20.7. The van der Waals surface area contributed by atoms with Crippen molar-refractivity contribution < 1.29 is 28.5 Å². The van der Waals surface area contributed by atoms with Crippen molar-refractivity contribution in [3.8, 4) is 17.2 Å². The molecule has 2 rings (SSSR count). The largest absolute Gasteiger partial charge is 0.497 e. The maximum atomic E-state index is 11.9. The number of para-hydroxylation sites is 1. The van der Waals surface area contributed by atoms with E-state index in [0.29, 0.717) is 30.2 Å². The maximum absolute atomic E-state index is 11.9. The first-order valence-electron chi connectivity index (χ1n) is 8.82. The van der Waals surface area contributed by atoms with Crippen LogP contribution in [0.1, 0.15) is 17.5 Å². The highest BCUT2D eigenvalue weighted by molar-refractivity contribution is 5.80. The van der Waals surface area contributed by atoms with E-state index >= 15 is 0 Å². The number of carbonyl (C=O) groups excluding carboxylic acids is 2. The van der Waals surface area contributed by atoms with Crippen LogP contribution in [0.2, 0.25) is 0 Å². The Morgan fingerprint density at radius 1 is 0.929 bits per heavy atom. The summed E-state index contributed by atoms with van der Waals surface area (Å²) in [6, 6.07) is 12.8. The van der Waals surface area contributed by atoms with Crippen molar-refractivity contribution in [1.29, 1.82) is 0 Å². The lowest BCUT2D eigenvalue weighted by Crippen LogP contribution is -2.28. The Bertz CT molecular complexity index is 783. The highest BCUT2D eigenvalue weighted by atomic mass is 16.5. The number of amides is 1. The Morgan fingerprint density at radius 2 is 1.61 bits per heavy atom. The molecule has 7 heteroatoms. The second-order valence-corrected chi connectivity index (χ2v) is 5.97. The molecule has 0 aliphatic heterocycles. The molecule has 0 spiro atoms. The van der Waals surface area contributed by atoms with Gasteiger partial charge in [0.1, 0.15) is 17.2 Å². The second kappa shape index (κ2) is 10.8. The number of nitrogens with one attached hydrogen (secondary N) is 1. The Kier molecular flexibility index (Phi) is 8.14. The average Bonchev–Trinajstić information content (AvgIpc) is 2.74. The van der Waals surface area contributed by atoms with E-state index in [1.165, 1.54) is 0 Å². The Balaban J connectivity index is 1.75. The van der Waals surface area contributed by atoms with Gasteiger partial charge in [0.15, 0.2) is 6.61 Å². The topological polar surface area (TPSA) is 83.1 Å². The second-order valence-electron chi connectivity index (χ2n) is 5.97. The summed E-state index contributed by atoms with van der Waals surface area (Å²) in [6.45, 7) is -0.0284. The van der Waals surface area contributed by atoms with Gasteiger partial charge >= 0.3 is 5.97 Å². The minimum atomic E-state index is -0.450. The summed E-state index contributed by atoms with van der Waals surface area (Å²) in [4.78, 5) is 23.8. The van der Waals surface area contributed by atoms with Gasteiger partial charge in [-0.05, 0) is 30.2 Å². The van der Waals surface area contributed by atoms with Crippen molar-refractivity contribution in [1.82, 2.24) is 5.32 Å². The Hall–Kier alpha value is -3.22.